The molecular formula is C6H5ClO. The number of hydrogen-bond donors (Lipinski definition) is 1. The zero-order valence-corrected chi connectivity index (χ0v) is 5.16. The van der Waals surface area contributed by atoms with Crippen LogP contribution in [0.4, 0.5) is 0 Å². The van der Waals surface area contributed by atoms with Gasteiger partial charge in [-0.3, -0.25) is 0 Å². The first-order chi connectivity index (χ1) is 3.77. The molecule has 8 heavy (non-hydrogen) atoms. The Labute approximate surface area is 53.7 Å². The summed E-state index contributed by atoms with van der Waals surface area (Å²) in [5.41, 5.74) is 0. The number of rotatable bonds is 0. The van der Waals surface area contributed by atoms with Crippen molar-refractivity contribution in [3.63, 3.8) is 0 Å². The first kappa shape index (κ1) is 7.37. The van der Waals surface area contributed by atoms with Crippen molar-refractivity contribution in [1.29, 1.82) is 0 Å². The van der Waals surface area contributed by atoms with E-state index in [9.17, 15) is 0 Å². The molecule has 0 aliphatic heterocycles. The lowest BCUT2D eigenvalue weighted by atomic mass is 10.4. The Morgan fingerprint density at radius 2 is 2.12 bits per heavy atom. The van der Waals surface area contributed by atoms with Gasteiger partial charge in [-0.25, -0.2) is 0 Å². The average Bonchev–Trinajstić information content (AvgIpc) is 1.66. The van der Waals surface area contributed by atoms with Crippen LogP contribution in [0.5, 0.6) is 0 Å². The lowest BCUT2D eigenvalue weighted by molar-refractivity contribution is 0.253. The largest absolute Gasteiger partial charge is 0.381 e. The average molecular weight is 129 g/mol. The zero-order chi connectivity index (χ0) is 6.41. The minimum absolute atomic E-state index is 0.618. The molecule has 1 N–H and O–H groups in total. The van der Waals surface area contributed by atoms with E-state index in [2.05, 4.69) is 23.1 Å². The summed E-state index contributed by atoms with van der Waals surface area (Å²) in [6.07, 6.45) is -0.618. The second-order valence-corrected chi connectivity index (χ2v) is 1.35. The van der Waals surface area contributed by atoms with Crippen molar-refractivity contribution in [2.24, 2.45) is 0 Å². The molecule has 0 aromatic rings. The molecule has 0 heterocycles. The minimum atomic E-state index is -0.618. The lowest BCUT2D eigenvalue weighted by Crippen LogP contribution is -1.91. The molecule has 2 heteroatoms. The van der Waals surface area contributed by atoms with Gasteiger partial charge in [0.25, 0.3) is 0 Å². The Bertz CT molecular complexity index is 162. The molecule has 0 bridgehead atoms. The van der Waals surface area contributed by atoms with Crippen LogP contribution in [-0.2, 0) is 0 Å². The Hall–Kier alpha value is -0.630. The van der Waals surface area contributed by atoms with Crippen LogP contribution in [0.25, 0.3) is 0 Å². The van der Waals surface area contributed by atoms with Gasteiger partial charge in [-0.2, -0.15) is 0 Å². The number of halogens is 1. The lowest BCUT2D eigenvalue weighted by Gasteiger charge is -1.82. The molecule has 0 fully saturated rings. The second-order valence-electron chi connectivity index (χ2n) is 1.16. The van der Waals surface area contributed by atoms with Gasteiger partial charge in [0.1, 0.15) is 6.10 Å². The number of aliphatic hydroxyl groups is 1. The Balaban J connectivity index is 3.62. The molecule has 0 aromatic heterocycles. The molecule has 0 aromatic carbocycles. The topological polar surface area (TPSA) is 20.2 Å². The fraction of sp³-hybridized carbons (Fsp3) is 0.333. The normalized spacial score (nSPS) is 9.88. The summed E-state index contributed by atoms with van der Waals surface area (Å²) >= 11 is 4.94. The van der Waals surface area contributed by atoms with E-state index in [1.54, 1.807) is 6.92 Å². The summed E-state index contributed by atoms with van der Waals surface area (Å²) in [6, 6.07) is 0. The molecule has 0 aliphatic rings. The molecule has 42 valence electrons. The highest BCUT2D eigenvalue weighted by molar-refractivity contribution is 6.30. The van der Waals surface area contributed by atoms with Crippen molar-refractivity contribution in [1.82, 2.24) is 0 Å². The standard InChI is InChI=1S/C6H5ClO/c1-6(8)4-2-3-5-7/h6,8H,1H3. The van der Waals surface area contributed by atoms with Gasteiger partial charge in [0.2, 0.25) is 0 Å². The van der Waals surface area contributed by atoms with Crippen LogP contribution >= 0.6 is 11.6 Å². The first-order valence-electron chi connectivity index (χ1n) is 2.06. The molecule has 1 unspecified atom stereocenters. The van der Waals surface area contributed by atoms with Crippen molar-refractivity contribution >= 4 is 11.6 Å². The maximum Gasteiger partial charge on any atom is 0.112 e. The van der Waals surface area contributed by atoms with Crippen molar-refractivity contribution in [3.8, 4) is 23.1 Å². The van der Waals surface area contributed by atoms with Gasteiger partial charge >= 0.3 is 0 Å². The molecule has 1 nitrogen and oxygen atoms in total. The highest BCUT2D eigenvalue weighted by Crippen LogP contribution is 1.70. The van der Waals surface area contributed by atoms with Crippen LogP contribution in [-0.4, -0.2) is 11.2 Å². The maximum atomic E-state index is 8.49. The van der Waals surface area contributed by atoms with E-state index in [4.69, 9.17) is 16.7 Å². The third-order valence-electron chi connectivity index (χ3n) is 0.391. The van der Waals surface area contributed by atoms with E-state index in [1.165, 1.54) is 0 Å². The summed E-state index contributed by atoms with van der Waals surface area (Å²) in [7, 11) is 0. The second kappa shape index (κ2) is 4.53. The molecule has 0 aliphatic carbocycles. The van der Waals surface area contributed by atoms with E-state index >= 15 is 0 Å². The van der Waals surface area contributed by atoms with Gasteiger partial charge in [-0.1, -0.05) is 5.92 Å². The Morgan fingerprint density at radius 3 is 2.50 bits per heavy atom. The van der Waals surface area contributed by atoms with E-state index in [-0.39, 0.29) is 0 Å². The molecular weight excluding hydrogens is 124 g/mol. The predicted octanol–water partition coefficient (Wildman–Crippen LogP) is 0.570. The monoisotopic (exact) mass is 128 g/mol. The third kappa shape index (κ3) is 5.37. The maximum absolute atomic E-state index is 8.49. The van der Waals surface area contributed by atoms with Crippen LogP contribution in [0, 0.1) is 23.1 Å². The molecule has 1 atom stereocenters. The fourth-order valence-corrected chi connectivity index (χ4v) is 0.211. The summed E-state index contributed by atoms with van der Waals surface area (Å²) in [6.45, 7) is 1.56. The number of aliphatic hydroxyl groups excluding tert-OH is 1. The van der Waals surface area contributed by atoms with Crippen molar-refractivity contribution in [3.05, 3.63) is 0 Å². The van der Waals surface area contributed by atoms with Crippen molar-refractivity contribution in [2.45, 2.75) is 13.0 Å². The van der Waals surface area contributed by atoms with Gasteiger partial charge < -0.3 is 5.11 Å². The summed E-state index contributed by atoms with van der Waals surface area (Å²) < 4.78 is 0. The molecule has 0 saturated heterocycles. The molecule has 0 radical (unpaired) electrons. The minimum Gasteiger partial charge on any atom is -0.381 e. The van der Waals surface area contributed by atoms with Crippen LogP contribution in [0.3, 0.4) is 0 Å². The third-order valence-corrected chi connectivity index (χ3v) is 0.485. The van der Waals surface area contributed by atoms with Crippen LogP contribution in [0.2, 0.25) is 0 Å². The SMILES string of the molecule is CC(O)C#CC#CCl. The van der Waals surface area contributed by atoms with Gasteiger partial charge in [0, 0.05) is 11.3 Å². The van der Waals surface area contributed by atoms with E-state index in [0.717, 1.165) is 0 Å². The van der Waals surface area contributed by atoms with Gasteiger partial charge in [0.15, 0.2) is 0 Å². The molecule has 0 amide bonds. The summed E-state index contributed by atoms with van der Waals surface area (Å²) in [5, 5.41) is 10.6. The van der Waals surface area contributed by atoms with Crippen LogP contribution in [0.1, 0.15) is 6.92 Å². The number of hydrogen-bond acceptors (Lipinski definition) is 1. The Morgan fingerprint density at radius 1 is 1.50 bits per heavy atom. The summed E-state index contributed by atoms with van der Waals surface area (Å²) in [5.74, 6) is 7.01. The van der Waals surface area contributed by atoms with E-state index in [1.807, 2.05) is 0 Å². The van der Waals surface area contributed by atoms with E-state index < -0.39 is 6.10 Å². The van der Waals surface area contributed by atoms with Crippen molar-refractivity contribution in [2.75, 3.05) is 0 Å². The molecule has 0 spiro atoms. The highest BCUT2D eigenvalue weighted by Gasteiger charge is 1.78. The molecule has 0 saturated carbocycles. The van der Waals surface area contributed by atoms with E-state index in [0.29, 0.717) is 0 Å². The quantitative estimate of drug-likeness (QED) is 0.473. The van der Waals surface area contributed by atoms with Crippen molar-refractivity contribution < 1.29 is 5.11 Å². The molecule has 0 rings (SSSR count). The van der Waals surface area contributed by atoms with Gasteiger partial charge in [0.05, 0.1) is 0 Å². The van der Waals surface area contributed by atoms with Crippen LogP contribution in [0.15, 0.2) is 0 Å². The van der Waals surface area contributed by atoms with Gasteiger partial charge in [-0.05, 0) is 24.4 Å². The smallest absolute Gasteiger partial charge is 0.112 e. The zero-order valence-electron chi connectivity index (χ0n) is 4.40. The first-order valence-corrected chi connectivity index (χ1v) is 2.44. The van der Waals surface area contributed by atoms with Gasteiger partial charge in [-0.15, -0.1) is 0 Å². The van der Waals surface area contributed by atoms with Crippen LogP contribution < -0.4 is 0 Å². The highest BCUT2D eigenvalue weighted by atomic mass is 35.5. The predicted molar refractivity (Wildman–Crippen MR) is 33.1 cm³/mol. The summed E-state index contributed by atoms with van der Waals surface area (Å²) in [4.78, 5) is 0. The Kier molecular flexibility index (Phi) is 4.17. The fourth-order valence-electron chi connectivity index (χ4n) is 0.164.